The highest BCUT2D eigenvalue weighted by Crippen LogP contribution is 2.39. The zero-order valence-electron chi connectivity index (χ0n) is 17.4. The number of rotatable bonds is 9. The van der Waals surface area contributed by atoms with Gasteiger partial charge < -0.3 is 19.5 Å². The van der Waals surface area contributed by atoms with E-state index >= 15 is 0 Å². The number of carbonyl (C=O) groups is 3. The SMILES string of the molecule is COCCN1C(=O)S/C(=C/c2cc(Br)c(OCC(=O)Nc3ccccc3)c(OC)c2)C1=O. The van der Waals surface area contributed by atoms with E-state index in [1.807, 2.05) is 18.2 Å². The number of anilines is 1. The van der Waals surface area contributed by atoms with E-state index in [4.69, 9.17) is 14.2 Å². The number of para-hydroxylation sites is 1. The fourth-order valence-electron chi connectivity index (χ4n) is 2.85. The fraction of sp³-hybridized carbons (Fsp3) is 0.227. The van der Waals surface area contributed by atoms with Gasteiger partial charge in [-0.2, -0.15) is 0 Å². The zero-order chi connectivity index (χ0) is 23.1. The molecule has 3 rings (SSSR count). The number of carbonyl (C=O) groups excluding carboxylic acids is 3. The third kappa shape index (κ3) is 5.90. The van der Waals surface area contributed by atoms with Crippen molar-refractivity contribution >= 4 is 56.5 Å². The number of methoxy groups -OCH3 is 2. The van der Waals surface area contributed by atoms with E-state index < -0.39 is 0 Å². The van der Waals surface area contributed by atoms with Crippen molar-refractivity contribution in [1.29, 1.82) is 0 Å². The maximum absolute atomic E-state index is 12.5. The van der Waals surface area contributed by atoms with Crippen LogP contribution >= 0.6 is 27.7 Å². The Hall–Kier alpha value is -2.82. The maximum atomic E-state index is 12.5. The quantitative estimate of drug-likeness (QED) is 0.496. The molecule has 0 bridgehead atoms. The first-order chi connectivity index (χ1) is 15.4. The van der Waals surface area contributed by atoms with E-state index in [0.717, 1.165) is 16.7 Å². The molecule has 2 aromatic rings. The summed E-state index contributed by atoms with van der Waals surface area (Å²) in [4.78, 5) is 38.2. The van der Waals surface area contributed by atoms with E-state index in [0.29, 0.717) is 32.1 Å². The maximum Gasteiger partial charge on any atom is 0.293 e. The van der Waals surface area contributed by atoms with Crippen molar-refractivity contribution in [3.8, 4) is 11.5 Å². The molecule has 168 valence electrons. The summed E-state index contributed by atoms with van der Waals surface area (Å²) in [7, 11) is 2.98. The highest BCUT2D eigenvalue weighted by Gasteiger charge is 2.34. The summed E-state index contributed by atoms with van der Waals surface area (Å²) in [6.45, 7) is 0.250. The molecule has 2 aromatic carbocycles. The molecule has 8 nitrogen and oxygen atoms in total. The standard InChI is InChI=1S/C22H21BrN2O6S/c1-29-9-8-25-21(27)18(32-22(25)28)12-14-10-16(23)20(17(11-14)30-2)31-13-19(26)24-15-6-4-3-5-7-15/h3-7,10-12H,8-9,13H2,1-2H3,(H,24,26)/b18-12+. The molecule has 1 N–H and O–H groups in total. The molecule has 1 aliphatic heterocycles. The molecule has 0 aliphatic carbocycles. The monoisotopic (exact) mass is 520 g/mol. The summed E-state index contributed by atoms with van der Waals surface area (Å²) in [5.74, 6) is 0.0295. The van der Waals surface area contributed by atoms with Gasteiger partial charge in [-0.05, 0) is 63.6 Å². The van der Waals surface area contributed by atoms with Gasteiger partial charge in [0.1, 0.15) is 0 Å². The summed E-state index contributed by atoms with van der Waals surface area (Å²) in [6, 6.07) is 12.4. The van der Waals surface area contributed by atoms with Gasteiger partial charge in [-0.15, -0.1) is 0 Å². The smallest absolute Gasteiger partial charge is 0.293 e. The van der Waals surface area contributed by atoms with E-state index in [1.165, 1.54) is 14.2 Å². The predicted octanol–water partition coefficient (Wildman–Crippen LogP) is 4.16. The minimum absolute atomic E-state index is 0.198. The van der Waals surface area contributed by atoms with Crippen LogP contribution in [-0.2, 0) is 14.3 Å². The summed E-state index contributed by atoms with van der Waals surface area (Å²) in [5, 5.41) is 2.40. The summed E-state index contributed by atoms with van der Waals surface area (Å²) in [6.07, 6.45) is 1.61. The molecule has 0 unspecified atom stereocenters. The predicted molar refractivity (Wildman–Crippen MR) is 126 cm³/mol. The molecule has 3 amide bonds. The third-order valence-corrected chi connectivity index (χ3v) is 5.84. The van der Waals surface area contributed by atoms with Crippen LogP contribution in [0.15, 0.2) is 51.8 Å². The molecule has 0 spiro atoms. The van der Waals surface area contributed by atoms with Gasteiger partial charge in [-0.1, -0.05) is 18.2 Å². The van der Waals surface area contributed by atoms with Crippen molar-refractivity contribution in [3.05, 3.63) is 57.4 Å². The van der Waals surface area contributed by atoms with Gasteiger partial charge in [0.15, 0.2) is 18.1 Å². The van der Waals surface area contributed by atoms with Crippen LogP contribution in [0.5, 0.6) is 11.5 Å². The van der Waals surface area contributed by atoms with Crippen LogP contribution in [0.2, 0.25) is 0 Å². The number of amides is 3. The number of halogens is 1. The lowest BCUT2D eigenvalue weighted by molar-refractivity contribution is -0.123. The minimum Gasteiger partial charge on any atom is -0.493 e. The van der Waals surface area contributed by atoms with Crippen LogP contribution in [0.4, 0.5) is 10.5 Å². The molecule has 1 fully saturated rings. The Balaban J connectivity index is 1.72. The number of ether oxygens (including phenoxy) is 3. The van der Waals surface area contributed by atoms with Crippen LogP contribution in [0.3, 0.4) is 0 Å². The van der Waals surface area contributed by atoms with Crippen molar-refractivity contribution in [1.82, 2.24) is 4.90 Å². The van der Waals surface area contributed by atoms with Crippen LogP contribution in [0, 0.1) is 0 Å². The second-order valence-electron chi connectivity index (χ2n) is 6.56. The molecule has 0 atom stereocenters. The summed E-state index contributed by atoms with van der Waals surface area (Å²) >= 11 is 4.29. The van der Waals surface area contributed by atoms with E-state index in [-0.39, 0.29) is 36.8 Å². The van der Waals surface area contributed by atoms with Crippen molar-refractivity contribution in [3.63, 3.8) is 0 Å². The molecule has 1 heterocycles. The second kappa shape index (κ2) is 11.2. The Labute approximate surface area is 198 Å². The second-order valence-corrected chi connectivity index (χ2v) is 8.41. The highest BCUT2D eigenvalue weighted by molar-refractivity contribution is 9.10. The van der Waals surface area contributed by atoms with Crippen molar-refractivity contribution < 1.29 is 28.6 Å². The van der Waals surface area contributed by atoms with Crippen LogP contribution in [0.25, 0.3) is 6.08 Å². The number of benzene rings is 2. The molecule has 1 aliphatic rings. The van der Waals surface area contributed by atoms with Gasteiger partial charge in [-0.25, -0.2) is 0 Å². The molecule has 10 heteroatoms. The highest BCUT2D eigenvalue weighted by atomic mass is 79.9. The molecule has 1 saturated heterocycles. The first-order valence-electron chi connectivity index (χ1n) is 9.52. The normalized spacial score (nSPS) is 14.7. The molecule has 0 radical (unpaired) electrons. The van der Waals surface area contributed by atoms with E-state index in [1.54, 1.807) is 30.3 Å². The number of thioether (sulfide) groups is 1. The van der Waals surface area contributed by atoms with Crippen molar-refractivity contribution in [2.75, 3.05) is 39.3 Å². The van der Waals surface area contributed by atoms with Crippen LogP contribution < -0.4 is 14.8 Å². The molecule has 0 aromatic heterocycles. The van der Waals surface area contributed by atoms with Gasteiger partial charge in [0.25, 0.3) is 17.1 Å². The number of nitrogens with zero attached hydrogens (tertiary/aromatic N) is 1. The Morgan fingerprint density at radius 2 is 1.94 bits per heavy atom. The van der Waals surface area contributed by atoms with Gasteiger partial charge in [0.05, 0.1) is 29.6 Å². The third-order valence-electron chi connectivity index (χ3n) is 4.35. The Morgan fingerprint density at radius 3 is 2.62 bits per heavy atom. The lowest BCUT2D eigenvalue weighted by Gasteiger charge is -2.14. The van der Waals surface area contributed by atoms with Crippen molar-refractivity contribution in [2.24, 2.45) is 0 Å². The largest absolute Gasteiger partial charge is 0.493 e. The van der Waals surface area contributed by atoms with Gasteiger partial charge in [0, 0.05) is 12.8 Å². The first kappa shape index (κ1) is 23.8. The molecule has 0 saturated carbocycles. The van der Waals surface area contributed by atoms with E-state index in [2.05, 4.69) is 21.2 Å². The Morgan fingerprint density at radius 1 is 1.19 bits per heavy atom. The van der Waals surface area contributed by atoms with Gasteiger partial charge in [-0.3, -0.25) is 19.3 Å². The number of hydrogen-bond acceptors (Lipinski definition) is 7. The summed E-state index contributed by atoms with van der Waals surface area (Å²) < 4.78 is 16.5. The van der Waals surface area contributed by atoms with E-state index in [9.17, 15) is 14.4 Å². The fourth-order valence-corrected chi connectivity index (χ4v) is 4.29. The first-order valence-corrected chi connectivity index (χ1v) is 11.1. The molecular formula is C22H21BrN2O6S. The average Bonchev–Trinajstić information content (AvgIpc) is 3.04. The van der Waals surface area contributed by atoms with Gasteiger partial charge in [0.2, 0.25) is 0 Å². The average molecular weight is 521 g/mol. The lowest BCUT2D eigenvalue weighted by atomic mass is 10.2. The van der Waals surface area contributed by atoms with Gasteiger partial charge >= 0.3 is 0 Å². The number of imide groups is 1. The number of hydrogen-bond donors (Lipinski definition) is 1. The lowest BCUT2D eigenvalue weighted by Crippen LogP contribution is -2.31. The Bertz CT molecular complexity index is 1040. The Kier molecular flexibility index (Phi) is 8.32. The molecule has 32 heavy (non-hydrogen) atoms. The molecular weight excluding hydrogens is 500 g/mol. The summed E-state index contributed by atoms with van der Waals surface area (Å²) in [5.41, 5.74) is 1.30. The number of nitrogens with one attached hydrogen (secondary N) is 1. The van der Waals surface area contributed by atoms with Crippen LogP contribution in [0.1, 0.15) is 5.56 Å². The minimum atomic E-state index is -0.370. The topological polar surface area (TPSA) is 94.2 Å². The van der Waals surface area contributed by atoms with Crippen LogP contribution in [-0.4, -0.2) is 55.9 Å². The zero-order valence-corrected chi connectivity index (χ0v) is 19.8. The van der Waals surface area contributed by atoms with Crippen molar-refractivity contribution in [2.45, 2.75) is 0 Å².